The largest absolute Gasteiger partial charge is 0.484 e. The Morgan fingerprint density at radius 1 is 1.06 bits per heavy atom. The Hall–Kier alpha value is -2.86. The van der Waals surface area contributed by atoms with E-state index in [9.17, 15) is 9.59 Å². The number of carbonyl (C=O) groups excluding carboxylic acids is 2. The van der Waals surface area contributed by atoms with Crippen LogP contribution in [-0.4, -0.2) is 43.0 Å². The second-order valence-electron chi connectivity index (χ2n) is 8.99. The number of piperidine rings is 1. The molecule has 0 aliphatic carbocycles. The number of carbonyl (C=O) groups is 2. The molecule has 0 atom stereocenters. The summed E-state index contributed by atoms with van der Waals surface area (Å²) >= 11 is 0. The molecule has 0 unspecified atom stereocenters. The predicted octanol–water partition coefficient (Wildman–Crippen LogP) is 3.74. The van der Waals surface area contributed by atoms with E-state index in [2.05, 4.69) is 35.3 Å². The van der Waals surface area contributed by atoms with E-state index in [0.29, 0.717) is 18.7 Å². The van der Waals surface area contributed by atoms with E-state index in [-0.39, 0.29) is 18.4 Å². The average Bonchev–Trinajstić information content (AvgIpc) is 3.24. The van der Waals surface area contributed by atoms with Crippen molar-refractivity contribution in [3.63, 3.8) is 0 Å². The van der Waals surface area contributed by atoms with Crippen LogP contribution in [0.2, 0.25) is 0 Å². The fraction of sp³-hybridized carbons (Fsp3) is 0.462. The van der Waals surface area contributed by atoms with Crippen molar-refractivity contribution in [3.8, 4) is 5.75 Å². The maximum Gasteiger partial charge on any atom is 0.258 e. The Morgan fingerprint density at radius 3 is 2.53 bits per heavy atom. The number of likely N-dealkylation sites (tertiary alicyclic amines) is 1. The lowest BCUT2D eigenvalue weighted by atomic mass is 9.98. The average molecular weight is 436 g/mol. The molecule has 2 amide bonds. The van der Waals surface area contributed by atoms with E-state index >= 15 is 0 Å². The molecule has 0 bridgehead atoms. The lowest BCUT2D eigenvalue weighted by molar-refractivity contribution is -0.123. The summed E-state index contributed by atoms with van der Waals surface area (Å²) in [5.74, 6) is 1.46. The van der Waals surface area contributed by atoms with Crippen LogP contribution in [0.3, 0.4) is 0 Å². The lowest BCUT2D eigenvalue weighted by Gasteiger charge is -2.30. The van der Waals surface area contributed by atoms with Crippen LogP contribution in [0.5, 0.6) is 5.75 Å². The molecule has 6 nitrogen and oxygen atoms in total. The minimum atomic E-state index is -0.154. The number of ether oxygens (including phenoxy) is 1. The highest BCUT2D eigenvalue weighted by atomic mass is 16.5. The summed E-state index contributed by atoms with van der Waals surface area (Å²) in [7, 11) is 0. The molecular formula is C26H33N3O3. The number of anilines is 1. The first-order valence-corrected chi connectivity index (χ1v) is 11.7. The van der Waals surface area contributed by atoms with Crippen LogP contribution >= 0.6 is 0 Å². The number of hydrogen-bond donors (Lipinski definition) is 1. The molecule has 1 N–H and O–H groups in total. The molecule has 0 saturated carbocycles. The van der Waals surface area contributed by atoms with Gasteiger partial charge < -0.3 is 15.0 Å². The number of rotatable bonds is 8. The van der Waals surface area contributed by atoms with Crippen molar-refractivity contribution in [2.24, 2.45) is 5.92 Å². The molecule has 2 aromatic carbocycles. The Labute approximate surface area is 190 Å². The second-order valence-corrected chi connectivity index (χ2v) is 8.99. The van der Waals surface area contributed by atoms with E-state index in [1.807, 2.05) is 18.2 Å². The van der Waals surface area contributed by atoms with Crippen LogP contribution in [0.1, 0.15) is 43.7 Å². The summed E-state index contributed by atoms with van der Waals surface area (Å²) in [4.78, 5) is 28.4. The van der Waals surface area contributed by atoms with Crippen molar-refractivity contribution in [1.29, 1.82) is 0 Å². The molecule has 2 heterocycles. The Kier molecular flexibility index (Phi) is 7.43. The van der Waals surface area contributed by atoms with Crippen LogP contribution in [0.25, 0.3) is 0 Å². The Morgan fingerprint density at radius 2 is 1.81 bits per heavy atom. The van der Waals surface area contributed by atoms with E-state index in [1.54, 1.807) is 17.0 Å². The zero-order valence-corrected chi connectivity index (χ0v) is 18.9. The van der Waals surface area contributed by atoms with Crippen LogP contribution in [0, 0.1) is 5.92 Å². The number of hydrogen-bond acceptors (Lipinski definition) is 4. The van der Waals surface area contributed by atoms with Gasteiger partial charge in [-0.3, -0.25) is 14.5 Å². The Balaban J connectivity index is 1.21. The second kappa shape index (κ2) is 10.6. The summed E-state index contributed by atoms with van der Waals surface area (Å²) in [6.07, 6.45) is 4.06. The van der Waals surface area contributed by atoms with Gasteiger partial charge >= 0.3 is 0 Å². The molecular weight excluding hydrogens is 402 g/mol. The summed E-state index contributed by atoms with van der Waals surface area (Å²) in [5, 5.41) is 2.94. The number of nitrogens with one attached hydrogen (secondary N) is 1. The Bertz CT molecular complexity index is 920. The molecule has 170 valence electrons. The van der Waals surface area contributed by atoms with Crippen LogP contribution in [0.4, 0.5) is 5.69 Å². The number of benzene rings is 2. The molecule has 2 aliphatic rings. The third-order valence-corrected chi connectivity index (χ3v) is 6.36. The molecule has 2 fully saturated rings. The molecule has 0 spiro atoms. The van der Waals surface area contributed by atoms with Gasteiger partial charge in [0.25, 0.3) is 5.91 Å². The van der Waals surface area contributed by atoms with Gasteiger partial charge in [0.1, 0.15) is 5.75 Å². The first-order chi connectivity index (χ1) is 15.6. The highest BCUT2D eigenvalue weighted by molar-refractivity contribution is 5.95. The van der Waals surface area contributed by atoms with Crippen molar-refractivity contribution in [3.05, 3.63) is 59.7 Å². The van der Waals surface area contributed by atoms with Crippen molar-refractivity contribution >= 4 is 17.5 Å². The fourth-order valence-corrected chi connectivity index (χ4v) is 4.36. The highest BCUT2D eigenvalue weighted by Gasteiger charge is 2.21. The first kappa shape index (κ1) is 22.3. The standard InChI is InChI=1S/C26H33N3O3/c1-20-11-14-28(15-12-20)18-22-5-2-4-21(16-22)17-27-25(30)19-32-24-9-7-23(8-10-24)29-13-3-6-26(29)31/h2,4-5,7-10,16,20H,3,6,11-15,17-19H2,1H3,(H,27,30). The summed E-state index contributed by atoms with van der Waals surface area (Å²) in [6, 6.07) is 15.8. The van der Waals surface area contributed by atoms with Gasteiger partial charge in [-0.25, -0.2) is 0 Å². The molecule has 2 saturated heterocycles. The van der Waals surface area contributed by atoms with E-state index in [0.717, 1.165) is 49.8 Å². The third-order valence-electron chi connectivity index (χ3n) is 6.36. The van der Waals surface area contributed by atoms with Crippen LogP contribution in [-0.2, 0) is 22.7 Å². The van der Waals surface area contributed by atoms with Crippen molar-refractivity contribution in [1.82, 2.24) is 10.2 Å². The minimum Gasteiger partial charge on any atom is -0.484 e. The van der Waals surface area contributed by atoms with E-state index in [1.165, 1.54) is 18.4 Å². The normalized spacial score (nSPS) is 17.5. The van der Waals surface area contributed by atoms with Gasteiger partial charge in [0.05, 0.1) is 0 Å². The van der Waals surface area contributed by atoms with Gasteiger partial charge in [0, 0.05) is 31.7 Å². The number of nitrogens with zero attached hydrogens (tertiary/aromatic N) is 2. The van der Waals surface area contributed by atoms with Gasteiger partial charge in [-0.15, -0.1) is 0 Å². The molecule has 0 radical (unpaired) electrons. The zero-order valence-electron chi connectivity index (χ0n) is 18.9. The van der Waals surface area contributed by atoms with Crippen molar-refractivity contribution in [2.45, 2.75) is 45.7 Å². The molecule has 0 aromatic heterocycles. The number of amides is 2. The van der Waals surface area contributed by atoms with E-state index < -0.39 is 0 Å². The molecule has 32 heavy (non-hydrogen) atoms. The quantitative estimate of drug-likeness (QED) is 0.686. The molecule has 2 aliphatic heterocycles. The van der Waals surface area contributed by atoms with Crippen molar-refractivity contribution in [2.75, 3.05) is 31.1 Å². The molecule has 2 aromatic rings. The van der Waals surface area contributed by atoms with Crippen LogP contribution < -0.4 is 15.0 Å². The highest BCUT2D eigenvalue weighted by Crippen LogP contribution is 2.24. The minimum absolute atomic E-state index is 0.0341. The predicted molar refractivity (Wildman–Crippen MR) is 125 cm³/mol. The topological polar surface area (TPSA) is 61.9 Å². The summed E-state index contributed by atoms with van der Waals surface area (Å²) < 4.78 is 5.61. The summed E-state index contributed by atoms with van der Waals surface area (Å²) in [6.45, 7) is 6.84. The van der Waals surface area contributed by atoms with Gasteiger partial charge in [0.15, 0.2) is 6.61 Å². The van der Waals surface area contributed by atoms with E-state index in [4.69, 9.17) is 4.74 Å². The fourth-order valence-electron chi connectivity index (χ4n) is 4.36. The molecule has 4 rings (SSSR count). The third kappa shape index (κ3) is 6.10. The van der Waals surface area contributed by atoms with Crippen LogP contribution in [0.15, 0.2) is 48.5 Å². The monoisotopic (exact) mass is 435 g/mol. The maximum atomic E-state index is 12.2. The SMILES string of the molecule is CC1CCN(Cc2cccc(CNC(=O)COc3ccc(N4CCCC4=O)cc3)c2)CC1. The van der Waals surface area contributed by atoms with Gasteiger partial charge in [0.2, 0.25) is 5.91 Å². The first-order valence-electron chi connectivity index (χ1n) is 11.7. The van der Waals surface area contributed by atoms with Crippen molar-refractivity contribution < 1.29 is 14.3 Å². The molecule has 6 heteroatoms. The summed E-state index contributed by atoms with van der Waals surface area (Å²) in [5.41, 5.74) is 3.27. The maximum absolute atomic E-state index is 12.2. The smallest absolute Gasteiger partial charge is 0.258 e. The van der Waals surface area contributed by atoms with Gasteiger partial charge in [-0.2, -0.15) is 0 Å². The lowest BCUT2D eigenvalue weighted by Crippen LogP contribution is -2.32. The van der Waals surface area contributed by atoms with Gasteiger partial charge in [-0.1, -0.05) is 31.2 Å². The zero-order chi connectivity index (χ0) is 22.3. The van der Waals surface area contributed by atoms with Gasteiger partial charge in [-0.05, 0) is 73.7 Å².